The van der Waals surface area contributed by atoms with Crippen LogP contribution in [0.1, 0.15) is 46.1 Å². The van der Waals surface area contributed by atoms with E-state index in [0.717, 1.165) is 12.0 Å². The average Bonchev–Trinajstić information content (AvgIpc) is 3.68. The monoisotopic (exact) mass is 656 g/mol. The van der Waals surface area contributed by atoms with Crippen LogP contribution in [0, 0.1) is 17.8 Å². The minimum atomic E-state index is -4.07. The molecule has 250 valence electrons. The molecule has 13 heteroatoms. The number of aliphatic hydroxyl groups is 1. The third-order valence-electron chi connectivity index (χ3n) is 8.89. The Bertz CT molecular complexity index is 1610. The second-order valence-corrected chi connectivity index (χ2v) is 15.3. The fourth-order valence-electron chi connectivity index (χ4n) is 6.70. The summed E-state index contributed by atoms with van der Waals surface area (Å²) < 4.78 is 52.7. The van der Waals surface area contributed by atoms with E-state index in [1.54, 1.807) is 6.07 Å². The number of aliphatic hydroxyl groups excluding tert-OH is 1. The van der Waals surface area contributed by atoms with Gasteiger partial charge in [0.2, 0.25) is 10.0 Å². The predicted octanol–water partition coefficient (Wildman–Crippen LogP) is 4.14. The van der Waals surface area contributed by atoms with Crippen molar-refractivity contribution in [2.24, 2.45) is 17.8 Å². The normalized spacial score (nSPS) is 25.3. The van der Waals surface area contributed by atoms with Crippen LogP contribution in [0.4, 0.5) is 10.8 Å². The lowest BCUT2D eigenvalue weighted by Crippen LogP contribution is -2.52. The van der Waals surface area contributed by atoms with Gasteiger partial charge in [-0.05, 0) is 62.6 Å². The molecule has 3 heterocycles. The molecule has 2 saturated heterocycles. The fourth-order valence-corrected chi connectivity index (χ4v) is 8.33. The molecule has 2 bridgehead atoms. The molecule has 2 aliphatic heterocycles. The molecule has 1 amide bonds. The van der Waals surface area contributed by atoms with Crippen LogP contribution < -0.4 is 10.6 Å². The summed E-state index contributed by atoms with van der Waals surface area (Å²) in [6.07, 6.45) is -1.05. The first-order valence-corrected chi connectivity index (χ1v) is 17.5. The maximum atomic E-state index is 14.0. The van der Waals surface area contributed by atoms with E-state index in [1.807, 2.05) is 58.0 Å². The van der Waals surface area contributed by atoms with Gasteiger partial charge in [-0.25, -0.2) is 13.2 Å². The predicted molar refractivity (Wildman–Crippen MR) is 171 cm³/mol. The SMILES string of the molecule is CC(C)CN(C[C@@H](O)[C@H](Cc1ccccc1)NC(=O)O[C@H]1C[C@H]2CO[C@H]3OC1C[C@@H]23)S(=O)(=O)c1ccc2nc(NC(C)C)oc2c1. The van der Waals surface area contributed by atoms with Crippen molar-refractivity contribution in [3.05, 3.63) is 54.1 Å². The summed E-state index contributed by atoms with van der Waals surface area (Å²) in [4.78, 5) is 17.7. The van der Waals surface area contributed by atoms with E-state index in [4.69, 9.17) is 18.6 Å². The number of oxazole rings is 1. The molecule has 0 spiro atoms. The molecule has 1 saturated carbocycles. The van der Waals surface area contributed by atoms with E-state index < -0.39 is 34.4 Å². The average molecular weight is 657 g/mol. The largest absolute Gasteiger partial charge is 0.443 e. The summed E-state index contributed by atoms with van der Waals surface area (Å²) in [5.41, 5.74) is 1.74. The number of anilines is 1. The van der Waals surface area contributed by atoms with E-state index in [1.165, 1.54) is 16.4 Å². The zero-order valence-electron chi connectivity index (χ0n) is 26.7. The Morgan fingerprint density at radius 2 is 1.89 bits per heavy atom. The second kappa shape index (κ2) is 13.5. The Kier molecular flexibility index (Phi) is 9.58. The number of fused-ring (bicyclic) bond motifs is 2. The molecule has 7 atom stereocenters. The van der Waals surface area contributed by atoms with Gasteiger partial charge in [0.05, 0.1) is 29.8 Å². The van der Waals surface area contributed by atoms with Crippen LogP contribution in [-0.4, -0.2) is 85.3 Å². The number of nitrogens with one attached hydrogen (secondary N) is 2. The van der Waals surface area contributed by atoms with Crippen LogP contribution >= 0.6 is 0 Å². The molecule has 1 aliphatic carbocycles. The van der Waals surface area contributed by atoms with Gasteiger partial charge in [-0.3, -0.25) is 0 Å². The molecule has 12 nitrogen and oxygen atoms in total. The maximum absolute atomic E-state index is 14.0. The molecule has 0 radical (unpaired) electrons. The fraction of sp³-hybridized carbons (Fsp3) is 0.576. The molecule has 3 aliphatic rings. The van der Waals surface area contributed by atoms with Crippen LogP contribution in [0.15, 0.2) is 57.8 Å². The summed E-state index contributed by atoms with van der Waals surface area (Å²) in [6.45, 7) is 8.23. The van der Waals surface area contributed by atoms with Gasteiger partial charge in [0, 0.05) is 31.1 Å². The van der Waals surface area contributed by atoms with E-state index >= 15 is 0 Å². The first-order chi connectivity index (χ1) is 22.0. The van der Waals surface area contributed by atoms with Gasteiger partial charge in [0.1, 0.15) is 11.6 Å². The first-order valence-electron chi connectivity index (χ1n) is 16.1. The van der Waals surface area contributed by atoms with Crippen molar-refractivity contribution in [3.63, 3.8) is 0 Å². The highest BCUT2D eigenvalue weighted by Crippen LogP contribution is 2.47. The Balaban J connectivity index is 1.20. The van der Waals surface area contributed by atoms with Gasteiger partial charge in [0.25, 0.3) is 6.01 Å². The molecule has 2 aromatic carbocycles. The molecular weight excluding hydrogens is 612 g/mol. The molecule has 1 unspecified atom stereocenters. The van der Waals surface area contributed by atoms with Crippen molar-refractivity contribution in [3.8, 4) is 0 Å². The Labute approximate surface area is 269 Å². The molecule has 3 fully saturated rings. The number of aromatic nitrogens is 1. The number of benzene rings is 2. The van der Waals surface area contributed by atoms with Crippen LogP contribution in [0.5, 0.6) is 0 Å². The molecule has 3 N–H and O–H groups in total. The molecule has 3 aromatic rings. The number of amides is 1. The number of alkyl carbamates (subject to hydrolysis) is 1. The lowest BCUT2D eigenvalue weighted by Gasteiger charge is -2.33. The van der Waals surface area contributed by atoms with Crippen LogP contribution in [0.3, 0.4) is 0 Å². The highest BCUT2D eigenvalue weighted by Gasteiger charge is 2.54. The number of sulfonamides is 1. The van der Waals surface area contributed by atoms with Crippen LogP contribution in [0.25, 0.3) is 11.1 Å². The summed E-state index contributed by atoms with van der Waals surface area (Å²) >= 11 is 0. The number of hydrogen-bond donors (Lipinski definition) is 3. The van der Waals surface area contributed by atoms with E-state index in [-0.39, 0.29) is 54.7 Å². The van der Waals surface area contributed by atoms with Crippen LogP contribution in [-0.2, 0) is 30.7 Å². The van der Waals surface area contributed by atoms with Gasteiger partial charge in [-0.2, -0.15) is 9.29 Å². The molecular formula is C33H44N4O8S. The summed E-state index contributed by atoms with van der Waals surface area (Å²) in [7, 11) is -4.07. The number of rotatable bonds is 13. The summed E-state index contributed by atoms with van der Waals surface area (Å²) in [5, 5.41) is 17.6. The minimum Gasteiger partial charge on any atom is -0.443 e. The van der Waals surface area contributed by atoms with Gasteiger partial charge >= 0.3 is 6.09 Å². The summed E-state index contributed by atoms with van der Waals surface area (Å²) in [6, 6.07) is 13.6. The van der Waals surface area contributed by atoms with Crippen molar-refractivity contribution < 1.29 is 36.9 Å². The molecule has 1 aromatic heterocycles. The summed E-state index contributed by atoms with van der Waals surface area (Å²) in [5.74, 6) is 0.596. The number of hydrogen-bond acceptors (Lipinski definition) is 10. The van der Waals surface area contributed by atoms with Gasteiger partial charge in [-0.15, -0.1) is 0 Å². The smallest absolute Gasteiger partial charge is 0.407 e. The van der Waals surface area contributed by atoms with Gasteiger partial charge in [0.15, 0.2) is 11.9 Å². The standard InChI is InChI=1S/C33H44N4O8S/c1-19(2)16-37(46(40,41)23-10-11-25-28(14-23)44-32(35-25)34-20(3)4)17-27(38)26(12-21-8-6-5-7-9-21)36-33(39)45-29-13-22-18-42-31-24(22)15-30(29)43-31/h5-11,14,19-20,22,24,26-27,29-31,38H,12-13,15-18H2,1-4H3,(H,34,35)(H,36,39)/t22-,24-,26-,27+,29-,30?,31-/m0/s1. The Hall–Kier alpha value is -3.23. The van der Waals surface area contributed by atoms with Crippen molar-refractivity contribution in [2.75, 3.05) is 25.0 Å². The topological polar surface area (TPSA) is 152 Å². The highest BCUT2D eigenvalue weighted by molar-refractivity contribution is 7.89. The third-order valence-corrected chi connectivity index (χ3v) is 10.7. The Morgan fingerprint density at radius 3 is 2.63 bits per heavy atom. The van der Waals surface area contributed by atoms with Gasteiger partial charge < -0.3 is 34.4 Å². The van der Waals surface area contributed by atoms with E-state index in [2.05, 4.69) is 15.6 Å². The first kappa shape index (κ1) is 32.7. The lowest BCUT2D eigenvalue weighted by atomic mass is 9.80. The van der Waals surface area contributed by atoms with Crippen molar-refractivity contribution in [1.29, 1.82) is 0 Å². The van der Waals surface area contributed by atoms with Crippen molar-refractivity contribution in [1.82, 2.24) is 14.6 Å². The van der Waals surface area contributed by atoms with Crippen LogP contribution in [0.2, 0.25) is 0 Å². The number of nitrogens with zero attached hydrogens (tertiary/aromatic N) is 2. The number of carbonyl (C=O) groups is 1. The minimum absolute atomic E-state index is 0.0255. The van der Waals surface area contributed by atoms with Gasteiger partial charge in [-0.1, -0.05) is 44.2 Å². The Morgan fingerprint density at radius 1 is 1.11 bits per heavy atom. The zero-order valence-corrected chi connectivity index (χ0v) is 27.5. The van der Waals surface area contributed by atoms with E-state index in [0.29, 0.717) is 36.1 Å². The van der Waals surface area contributed by atoms with E-state index in [9.17, 15) is 18.3 Å². The third kappa shape index (κ3) is 7.18. The lowest BCUT2D eigenvalue weighted by molar-refractivity contribution is -0.147. The number of carbonyl (C=O) groups excluding carboxylic acids is 1. The molecule has 6 rings (SSSR count). The van der Waals surface area contributed by atoms with Crippen molar-refractivity contribution >= 4 is 33.2 Å². The van der Waals surface area contributed by atoms with Crippen molar-refractivity contribution in [2.45, 2.75) is 88.5 Å². The second-order valence-electron chi connectivity index (χ2n) is 13.4. The zero-order chi connectivity index (χ0) is 32.6. The maximum Gasteiger partial charge on any atom is 0.407 e. The quantitative estimate of drug-likeness (QED) is 0.245. The molecule has 46 heavy (non-hydrogen) atoms. The highest BCUT2D eigenvalue weighted by atomic mass is 32.2. The number of ether oxygens (including phenoxy) is 3.